The number of hydrogen-bond donors (Lipinski definition) is 1. The Morgan fingerprint density at radius 1 is 0.750 bits per heavy atom. The maximum atomic E-state index is 4.54. The highest BCUT2D eigenvalue weighted by Gasteiger charge is 2.01. The molecule has 1 aromatic heterocycles. The quantitative estimate of drug-likeness (QED) is 0.475. The zero-order valence-corrected chi connectivity index (χ0v) is 13.9. The van der Waals surface area contributed by atoms with Crippen LogP contribution in [-0.4, -0.2) is 9.97 Å². The zero-order chi connectivity index (χ0) is 14.6. The number of unbranched alkanes of at least 4 members (excludes halogenated alkanes) is 10. The summed E-state index contributed by atoms with van der Waals surface area (Å²) in [5, 5.41) is 0. The van der Waals surface area contributed by atoms with Gasteiger partial charge in [0.05, 0.1) is 5.69 Å². The Kier molecular flexibility index (Phi) is 9.44. The van der Waals surface area contributed by atoms with Crippen LogP contribution in [-0.2, 0) is 6.42 Å². The van der Waals surface area contributed by atoms with Gasteiger partial charge in [0.25, 0.3) is 0 Å². The Morgan fingerprint density at radius 2 is 1.25 bits per heavy atom. The molecule has 0 radical (unpaired) electrons. The highest BCUT2D eigenvalue weighted by molar-refractivity contribution is 5.10. The molecule has 0 aliphatic heterocycles. The van der Waals surface area contributed by atoms with Gasteiger partial charge >= 0.3 is 0 Å². The lowest BCUT2D eigenvalue weighted by Gasteiger charge is -2.02. The highest BCUT2D eigenvalue weighted by atomic mass is 14.9. The van der Waals surface area contributed by atoms with Crippen molar-refractivity contribution in [2.45, 2.75) is 97.8 Å². The Balaban J connectivity index is 1.85. The summed E-state index contributed by atoms with van der Waals surface area (Å²) in [6.45, 7) is 6.47. The fourth-order valence-electron chi connectivity index (χ4n) is 2.70. The summed E-state index contributed by atoms with van der Waals surface area (Å²) >= 11 is 0. The minimum absolute atomic E-state index is 1.12. The number of nitrogens with one attached hydrogen (secondary N) is 1. The van der Waals surface area contributed by atoms with Gasteiger partial charge in [-0.2, -0.15) is 0 Å². The Bertz CT molecular complexity index is 322. The number of nitrogens with zero attached hydrogens (tertiary/aromatic N) is 1. The Labute approximate surface area is 125 Å². The maximum Gasteiger partial charge on any atom is 0.106 e. The van der Waals surface area contributed by atoms with E-state index in [9.17, 15) is 0 Å². The molecule has 0 saturated carbocycles. The summed E-state index contributed by atoms with van der Waals surface area (Å²) in [7, 11) is 0. The van der Waals surface area contributed by atoms with Gasteiger partial charge < -0.3 is 4.98 Å². The fraction of sp³-hybridized carbons (Fsp3) is 0.833. The van der Waals surface area contributed by atoms with Crippen LogP contribution >= 0.6 is 0 Å². The van der Waals surface area contributed by atoms with Crippen LogP contribution in [0.1, 0.15) is 94.8 Å². The summed E-state index contributed by atoms with van der Waals surface area (Å²) in [6.07, 6.45) is 16.6. The highest BCUT2D eigenvalue weighted by Crippen LogP contribution is 2.12. The summed E-state index contributed by atoms with van der Waals surface area (Å²) in [5.74, 6) is 1.18. The summed E-state index contributed by atoms with van der Waals surface area (Å²) in [4.78, 5) is 7.91. The van der Waals surface area contributed by atoms with Gasteiger partial charge in [-0.1, -0.05) is 71.1 Å². The van der Waals surface area contributed by atoms with E-state index < -0.39 is 0 Å². The van der Waals surface area contributed by atoms with Gasteiger partial charge in [0, 0.05) is 12.1 Å². The van der Waals surface area contributed by atoms with E-state index >= 15 is 0 Å². The fourth-order valence-corrected chi connectivity index (χ4v) is 2.70. The van der Waals surface area contributed by atoms with Crippen LogP contribution in [0.2, 0.25) is 0 Å². The number of hydrogen-bond acceptors (Lipinski definition) is 1. The predicted octanol–water partition coefficient (Wildman–Crippen LogP) is 5.88. The summed E-state index contributed by atoms with van der Waals surface area (Å²) in [5.41, 5.74) is 2.38. The van der Waals surface area contributed by atoms with E-state index in [1.165, 1.54) is 82.1 Å². The first kappa shape index (κ1) is 17.3. The molecule has 2 nitrogen and oxygen atoms in total. The van der Waals surface area contributed by atoms with Gasteiger partial charge in [-0.25, -0.2) is 4.98 Å². The number of aromatic amines is 1. The second-order valence-corrected chi connectivity index (χ2v) is 6.18. The van der Waals surface area contributed by atoms with Crippen LogP contribution in [0.4, 0.5) is 0 Å². The minimum Gasteiger partial charge on any atom is -0.346 e. The zero-order valence-electron chi connectivity index (χ0n) is 13.9. The number of aryl methyl sites for hydroxylation is 3. The molecule has 0 bridgehead atoms. The van der Waals surface area contributed by atoms with Gasteiger partial charge in [-0.05, 0) is 20.3 Å². The number of imidazole rings is 1. The van der Waals surface area contributed by atoms with E-state index in [2.05, 4.69) is 30.7 Å². The standard InChI is InChI=1S/C18H34N2/c1-4-5-6-7-8-9-10-11-12-13-14-15-18-19-16(2)17(3)20-18/h4-15H2,1-3H3,(H,19,20). The van der Waals surface area contributed by atoms with E-state index in [-0.39, 0.29) is 0 Å². The molecule has 1 rings (SSSR count). The van der Waals surface area contributed by atoms with Gasteiger partial charge in [0.15, 0.2) is 0 Å². The van der Waals surface area contributed by atoms with Crippen molar-refractivity contribution in [3.8, 4) is 0 Å². The monoisotopic (exact) mass is 278 g/mol. The van der Waals surface area contributed by atoms with E-state index in [4.69, 9.17) is 0 Å². The normalized spacial score (nSPS) is 11.2. The SMILES string of the molecule is CCCCCCCCCCCCCc1nc(C)c(C)[nH]1. The molecule has 0 spiro atoms. The Morgan fingerprint density at radius 3 is 1.70 bits per heavy atom. The molecule has 0 atom stereocenters. The lowest BCUT2D eigenvalue weighted by atomic mass is 10.1. The van der Waals surface area contributed by atoms with Crippen LogP contribution in [0.3, 0.4) is 0 Å². The second kappa shape index (κ2) is 10.9. The number of H-pyrrole nitrogens is 1. The van der Waals surface area contributed by atoms with Gasteiger partial charge in [-0.15, -0.1) is 0 Å². The predicted molar refractivity (Wildman–Crippen MR) is 88.2 cm³/mol. The molecule has 20 heavy (non-hydrogen) atoms. The third-order valence-corrected chi connectivity index (χ3v) is 4.19. The molecule has 0 aliphatic carbocycles. The van der Waals surface area contributed by atoms with Crippen molar-refractivity contribution in [2.75, 3.05) is 0 Å². The van der Waals surface area contributed by atoms with Crippen molar-refractivity contribution in [3.63, 3.8) is 0 Å². The maximum absolute atomic E-state index is 4.54. The first-order valence-corrected chi connectivity index (χ1v) is 8.76. The molecule has 0 unspecified atom stereocenters. The molecule has 0 fully saturated rings. The number of aromatic nitrogens is 2. The molecular formula is C18H34N2. The molecule has 0 saturated heterocycles. The first-order valence-electron chi connectivity index (χ1n) is 8.76. The average molecular weight is 278 g/mol. The average Bonchev–Trinajstić information content (AvgIpc) is 2.75. The first-order chi connectivity index (χ1) is 9.74. The van der Waals surface area contributed by atoms with E-state index in [1.807, 2.05) is 0 Å². The smallest absolute Gasteiger partial charge is 0.106 e. The molecule has 0 aromatic carbocycles. The van der Waals surface area contributed by atoms with Crippen LogP contribution in [0.25, 0.3) is 0 Å². The van der Waals surface area contributed by atoms with Crippen LogP contribution in [0.5, 0.6) is 0 Å². The third kappa shape index (κ3) is 7.72. The molecule has 1 heterocycles. The molecule has 1 N–H and O–H groups in total. The molecule has 2 heteroatoms. The summed E-state index contributed by atoms with van der Waals surface area (Å²) in [6, 6.07) is 0. The van der Waals surface area contributed by atoms with E-state index in [0.717, 1.165) is 12.1 Å². The summed E-state index contributed by atoms with van der Waals surface area (Å²) < 4.78 is 0. The molecular weight excluding hydrogens is 244 g/mol. The van der Waals surface area contributed by atoms with Crippen molar-refractivity contribution >= 4 is 0 Å². The van der Waals surface area contributed by atoms with Crippen LogP contribution in [0.15, 0.2) is 0 Å². The molecule has 0 aliphatic rings. The van der Waals surface area contributed by atoms with Crippen molar-refractivity contribution in [1.29, 1.82) is 0 Å². The lowest BCUT2D eigenvalue weighted by molar-refractivity contribution is 0.548. The van der Waals surface area contributed by atoms with Crippen LogP contribution < -0.4 is 0 Å². The van der Waals surface area contributed by atoms with Crippen molar-refractivity contribution in [2.24, 2.45) is 0 Å². The van der Waals surface area contributed by atoms with Gasteiger partial charge in [-0.3, -0.25) is 0 Å². The third-order valence-electron chi connectivity index (χ3n) is 4.19. The molecule has 116 valence electrons. The number of rotatable bonds is 12. The molecule has 0 amide bonds. The van der Waals surface area contributed by atoms with Crippen molar-refractivity contribution < 1.29 is 0 Å². The topological polar surface area (TPSA) is 28.7 Å². The van der Waals surface area contributed by atoms with Gasteiger partial charge in [0.2, 0.25) is 0 Å². The van der Waals surface area contributed by atoms with Gasteiger partial charge in [0.1, 0.15) is 5.82 Å². The van der Waals surface area contributed by atoms with E-state index in [0.29, 0.717) is 0 Å². The minimum atomic E-state index is 1.12. The van der Waals surface area contributed by atoms with Crippen molar-refractivity contribution in [3.05, 3.63) is 17.2 Å². The Hall–Kier alpha value is -0.790. The van der Waals surface area contributed by atoms with Crippen molar-refractivity contribution in [1.82, 2.24) is 9.97 Å². The second-order valence-electron chi connectivity index (χ2n) is 6.18. The van der Waals surface area contributed by atoms with Crippen LogP contribution in [0, 0.1) is 13.8 Å². The largest absolute Gasteiger partial charge is 0.346 e. The molecule has 1 aromatic rings. The lowest BCUT2D eigenvalue weighted by Crippen LogP contribution is -1.89. The van der Waals surface area contributed by atoms with E-state index in [1.54, 1.807) is 0 Å².